The number of rotatable bonds is 7. The van der Waals surface area contributed by atoms with Crippen molar-refractivity contribution in [1.29, 1.82) is 0 Å². The van der Waals surface area contributed by atoms with E-state index in [2.05, 4.69) is 10.2 Å². The molecular formula is C14H19N3O4. The monoisotopic (exact) mass is 293 g/mol. The van der Waals surface area contributed by atoms with Gasteiger partial charge in [-0.2, -0.15) is 0 Å². The summed E-state index contributed by atoms with van der Waals surface area (Å²) >= 11 is 0. The van der Waals surface area contributed by atoms with Crippen molar-refractivity contribution in [2.75, 3.05) is 26.2 Å². The molecule has 1 aliphatic heterocycles. The fourth-order valence-corrected chi connectivity index (χ4v) is 2.60. The summed E-state index contributed by atoms with van der Waals surface area (Å²) in [7, 11) is 0. The third kappa shape index (κ3) is 3.99. The molecule has 2 rings (SSSR count). The summed E-state index contributed by atoms with van der Waals surface area (Å²) in [5.74, 6) is -1.27. The molecule has 0 aliphatic carbocycles. The number of nitrogens with zero attached hydrogens (tertiary/aromatic N) is 2. The van der Waals surface area contributed by atoms with Crippen LogP contribution >= 0.6 is 0 Å². The lowest BCUT2D eigenvalue weighted by atomic mass is 10.1. The van der Waals surface area contributed by atoms with Crippen LogP contribution in [-0.2, 0) is 6.54 Å². The molecule has 0 saturated carbocycles. The average molecular weight is 293 g/mol. The van der Waals surface area contributed by atoms with E-state index in [1.54, 1.807) is 6.07 Å². The number of nitrogens with one attached hydrogen (secondary N) is 1. The van der Waals surface area contributed by atoms with E-state index in [1.807, 2.05) is 0 Å². The fraction of sp³-hybridized carbons (Fsp3) is 0.500. The van der Waals surface area contributed by atoms with Crippen LogP contribution in [0.2, 0.25) is 0 Å². The van der Waals surface area contributed by atoms with Crippen molar-refractivity contribution in [2.45, 2.75) is 19.4 Å². The van der Waals surface area contributed by atoms with Gasteiger partial charge in [0.2, 0.25) is 0 Å². The summed E-state index contributed by atoms with van der Waals surface area (Å²) in [6.45, 7) is 4.19. The quantitative estimate of drug-likeness (QED) is 0.449. The number of nitro groups is 1. The maximum Gasteiger partial charge on any atom is 0.343 e. The predicted octanol–water partition coefficient (Wildman–Crippen LogP) is 1.48. The van der Waals surface area contributed by atoms with Crippen LogP contribution in [0.4, 0.5) is 5.69 Å². The van der Waals surface area contributed by atoms with Crippen molar-refractivity contribution in [3.8, 4) is 0 Å². The SMILES string of the molecule is O=C(O)c1c(CNCCN2CCCC2)cccc1[N+](=O)[O-]. The van der Waals surface area contributed by atoms with Crippen molar-refractivity contribution >= 4 is 11.7 Å². The highest BCUT2D eigenvalue weighted by Crippen LogP contribution is 2.22. The molecular weight excluding hydrogens is 274 g/mol. The predicted molar refractivity (Wildman–Crippen MR) is 77.4 cm³/mol. The second-order valence-electron chi connectivity index (χ2n) is 5.10. The van der Waals surface area contributed by atoms with Crippen LogP contribution in [0.1, 0.15) is 28.8 Å². The molecule has 114 valence electrons. The molecule has 1 aromatic rings. The van der Waals surface area contributed by atoms with Crippen LogP contribution in [0.5, 0.6) is 0 Å². The molecule has 21 heavy (non-hydrogen) atoms. The first-order valence-corrected chi connectivity index (χ1v) is 7.02. The lowest BCUT2D eigenvalue weighted by Crippen LogP contribution is -2.30. The third-order valence-corrected chi connectivity index (χ3v) is 3.66. The summed E-state index contributed by atoms with van der Waals surface area (Å²) in [5, 5.41) is 23.2. The number of nitro benzene ring substituents is 1. The number of aromatic carboxylic acids is 1. The summed E-state index contributed by atoms with van der Waals surface area (Å²) in [6.07, 6.45) is 2.46. The van der Waals surface area contributed by atoms with Crippen LogP contribution in [-0.4, -0.2) is 47.1 Å². The smallest absolute Gasteiger partial charge is 0.343 e. The standard InChI is InChI=1S/C14H19N3O4/c18-14(19)13-11(4-3-5-12(13)17(20)21)10-15-6-9-16-7-1-2-8-16/h3-5,15H,1-2,6-10H2,(H,18,19). The summed E-state index contributed by atoms with van der Waals surface area (Å²) in [4.78, 5) is 23.8. The van der Waals surface area contributed by atoms with Crippen LogP contribution in [0.3, 0.4) is 0 Å². The second-order valence-corrected chi connectivity index (χ2v) is 5.10. The van der Waals surface area contributed by atoms with Crippen LogP contribution in [0, 0.1) is 10.1 Å². The third-order valence-electron chi connectivity index (χ3n) is 3.66. The van der Waals surface area contributed by atoms with E-state index in [-0.39, 0.29) is 11.3 Å². The minimum absolute atomic E-state index is 0.226. The van der Waals surface area contributed by atoms with Gasteiger partial charge in [-0.25, -0.2) is 4.79 Å². The Morgan fingerprint density at radius 1 is 1.38 bits per heavy atom. The first-order chi connectivity index (χ1) is 10.1. The van der Waals surface area contributed by atoms with E-state index in [4.69, 9.17) is 0 Å². The molecule has 0 spiro atoms. The average Bonchev–Trinajstić information content (AvgIpc) is 2.96. The van der Waals surface area contributed by atoms with Crippen LogP contribution in [0.25, 0.3) is 0 Å². The zero-order valence-corrected chi connectivity index (χ0v) is 11.7. The summed E-state index contributed by atoms with van der Waals surface area (Å²) in [5.41, 5.74) is -0.143. The van der Waals surface area contributed by atoms with E-state index in [1.165, 1.54) is 25.0 Å². The Labute approximate surface area is 122 Å². The van der Waals surface area contributed by atoms with Crippen LogP contribution in [0.15, 0.2) is 18.2 Å². The van der Waals surface area contributed by atoms with Gasteiger partial charge in [0.05, 0.1) is 4.92 Å². The van der Waals surface area contributed by atoms with Gasteiger partial charge in [-0.3, -0.25) is 10.1 Å². The lowest BCUT2D eigenvalue weighted by Gasteiger charge is -2.15. The Morgan fingerprint density at radius 3 is 2.71 bits per heavy atom. The van der Waals surface area contributed by atoms with Crippen LogP contribution < -0.4 is 5.32 Å². The molecule has 0 aromatic heterocycles. The largest absolute Gasteiger partial charge is 0.477 e. The fourth-order valence-electron chi connectivity index (χ4n) is 2.60. The minimum atomic E-state index is -1.27. The van der Waals surface area contributed by atoms with E-state index < -0.39 is 10.9 Å². The summed E-state index contributed by atoms with van der Waals surface area (Å²) < 4.78 is 0. The topological polar surface area (TPSA) is 95.7 Å². The van der Waals surface area contributed by atoms with Gasteiger partial charge >= 0.3 is 5.97 Å². The second kappa shape index (κ2) is 7.14. The number of benzene rings is 1. The molecule has 7 nitrogen and oxygen atoms in total. The Hall–Kier alpha value is -1.99. The number of hydrogen-bond acceptors (Lipinski definition) is 5. The van der Waals surface area contributed by atoms with Crippen molar-refractivity contribution in [3.05, 3.63) is 39.4 Å². The molecule has 2 N–H and O–H groups in total. The molecule has 0 amide bonds. The Morgan fingerprint density at radius 2 is 2.10 bits per heavy atom. The molecule has 1 aliphatic rings. The number of carboxylic acid groups (broad SMARTS) is 1. The first-order valence-electron chi connectivity index (χ1n) is 7.02. The minimum Gasteiger partial charge on any atom is -0.477 e. The van der Waals surface area contributed by atoms with Crippen molar-refractivity contribution in [3.63, 3.8) is 0 Å². The first kappa shape index (κ1) is 15.4. The maximum absolute atomic E-state index is 11.2. The van der Waals surface area contributed by atoms with Gasteiger partial charge in [0, 0.05) is 25.7 Å². The van der Waals surface area contributed by atoms with Crippen molar-refractivity contribution < 1.29 is 14.8 Å². The van der Waals surface area contributed by atoms with Gasteiger partial charge < -0.3 is 15.3 Å². The molecule has 0 radical (unpaired) electrons. The van der Waals surface area contributed by atoms with Gasteiger partial charge in [0.25, 0.3) is 5.69 Å². The molecule has 0 unspecified atom stereocenters. The van der Waals surface area contributed by atoms with Gasteiger partial charge in [-0.15, -0.1) is 0 Å². The highest BCUT2D eigenvalue weighted by molar-refractivity contribution is 5.94. The Bertz CT molecular complexity index is 527. The zero-order valence-electron chi connectivity index (χ0n) is 11.7. The number of hydrogen-bond donors (Lipinski definition) is 2. The van der Waals surface area contributed by atoms with Gasteiger partial charge in [0.15, 0.2) is 0 Å². The van der Waals surface area contributed by atoms with Gasteiger partial charge in [-0.1, -0.05) is 12.1 Å². The Kier molecular flexibility index (Phi) is 5.24. The zero-order chi connectivity index (χ0) is 15.2. The van der Waals surface area contributed by atoms with E-state index in [0.29, 0.717) is 12.1 Å². The molecule has 1 saturated heterocycles. The molecule has 0 bridgehead atoms. The Balaban J connectivity index is 1.97. The normalized spacial score (nSPS) is 15.2. The van der Waals surface area contributed by atoms with E-state index in [9.17, 15) is 20.0 Å². The van der Waals surface area contributed by atoms with Gasteiger partial charge in [0.1, 0.15) is 5.56 Å². The number of likely N-dealkylation sites (tertiary alicyclic amines) is 1. The molecule has 7 heteroatoms. The number of carboxylic acids is 1. The van der Waals surface area contributed by atoms with Crippen molar-refractivity contribution in [2.24, 2.45) is 0 Å². The molecule has 1 fully saturated rings. The highest BCUT2D eigenvalue weighted by atomic mass is 16.6. The van der Waals surface area contributed by atoms with E-state index >= 15 is 0 Å². The lowest BCUT2D eigenvalue weighted by molar-refractivity contribution is -0.385. The summed E-state index contributed by atoms with van der Waals surface area (Å²) in [6, 6.07) is 4.35. The van der Waals surface area contributed by atoms with Gasteiger partial charge in [-0.05, 0) is 31.5 Å². The molecule has 1 heterocycles. The maximum atomic E-state index is 11.2. The highest BCUT2D eigenvalue weighted by Gasteiger charge is 2.23. The van der Waals surface area contributed by atoms with Crippen molar-refractivity contribution in [1.82, 2.24) is 10.2 Å². The molecule has 1 aromatic carbocycles. The number of carbonyl (C=O) groups is 1. The van der Waals surface area contributed by atoms with E-state index in [0.717, 1.165) is 26.2 Å². The molecule has 0 atom stereocenters.